The van der Waals surface area contributed by atoms with Crippen LogP contribution in [0, 0.1) is 0 Å². The Morgan fingerprint density at radius 3 is 2.87 bits per heavy atom. The van der Waals surface area contributed by atoms with Crippen LogP contribution in [0.1, 0.15) is 20.3 Å². The van der Waals surface area contributed by atoms with Crippen molar-refractivity contribution in [3.63, 3.8) is 0 Å². The average molecular weight is 214 g/mol. The first-order valence-corrected chi connectivity index (χ1v) is 5.29. The zero-order chi connectivity index (χ0) is 11.3. The first kappa shape index (κ1) is 12.0. The van der Waals surface area contributed by atoms with Gasteiger partial charge in [0.1, 0.15) is 6.04 Å². The van der Waals surface area contributed by atoms with Gasteiger partial charge in [0.05, 0.1) is 13.2 Å². The third-order valence-corrected chi connectivity index (χ3v) is 2.38. The van der Waals surface area contributed by atoms with Gasteiger partial charge < -0.3 is 15.0 Å². The summed E-state index contributed by atoms with van der Waals surface area (Å²) >= 11 is 0. The molecule has 0 spiro atoms. The molecule has 0 bridgehead atoms. The number of nitrogens with zero attached hydrogens (tertiary/aromatic N) is 1. The molecule has 0 radical (unpaired) electrons. The molecule has 1 rings (SSSR count). The number of carbonyl (C=O) groups is 2. The molecule has 0 aliphatic carbocycles. The maximum Gasteiger partial charge on any atom is 0.245 e. The molecule has 2 amide bonds. The average Bonchev–Trinajstić information content (AvgIpc) is 2.25. The Morgan fingerprint density at radius 2 is 2.27 bits per heavy atom. The summed E-state index contributed by atoms with van der Waals surface area (Å²) in [4.78, 5) is 24.5. The van der Waals surface area contributed by atoms with Crippen molar-refractivity contribution in [1.82, 2.24) is 10.2 Å². The fourth-order valence-electron chi connectivity index (χ4n) is 1.56. The van der Waals surface area contributed by atoms with Crippen LogP contribution in [0.2, 0.25) is 0 Å². The molecule has 1 aliphatic heterocycles. The van der Waals surface area contributed by atoms with Crippen LogP contribution in [-0.2, 0) is 14.3 Å². The number of amides is 2. The summed E-state index contributed by atoms with van der Waals surface area (Å²) in [7, 11) is 0. The lowest BCUT2D eigenvalue weighted by atomic mass is 10.2. The Kier molecular flexibility index (Phi) is 4.55. The van der Waals surface area contributed by atoms with E-state index in [4.69, 9.17) is 4.74 Å². The molecule has 0 aromatic rings. The second-order valence-corrected chi connectivity index (χ2v) is 3.59. The number of ether oxygens (including phenoxy) is 1. The third kappa shape index (κ3) is 3.20. The van der Waals surface area contributed by atoms with E-state index < -0.39 is 6.04 Å². The molecule has 15 heavy (non-hydrogen) atoms. The highest BCUT2D eigenvalue weighted by Crippen LogP contribution is 2.07. The SMILES string of the molecule is CCCNC(=O)C1COCCN1C(C)=O. The highest BCUT2D eigenvalue weighted by atomic mass is 16.5. The van der Waals surface area contributed by atoms with E-state index in [0.29, 0.717) is 26.3 Å². The van der Waals surface area contributed by atoms with Gasteiger partial charge in [0.2, 0.25) is 11.8 Å². The van der Waals surface area contributed by atoms with Gasteiger partial charge in [-0.15, -0.1) is 0 Å². The number of nitrogens with one attached hydrogen (secondary N) is 1. The number of morpholine rings is 1. The molecule has 1 aliphatic rings. The van der Waals surface area contributed by atoms with Crippen molar-refractivity contribution in [2.45, 2.75) is 26.3 Å². The highest BCUT2D eigenvalue weighted by molar-refractivity contribution is 5.87. The normalized spacial score (nSPS) is 21.2. The molecule has 0 aromatic carbocycles. The smallest absolute Gasteiger partial charge is 0.245 e. The summed E-state index contributed by atoms with van der Waals surface area (Å²) in [6, 6.07) is -0.456. The third-order valence-electron chi connectivity index (χ3n) is 2.38. The van der Waals surface area contributed by atoms with E-state index in [1.54, 1.807) is 4.90 Å². The Morgan fingerprint density at radius 1 is 1.53 bits per heavy atom. The minimum Gasteiger partial charge on any atom is -0.377 e. The van der Waals surface area contributed by atoms with Gasteiger partial charge in [0.15, 0.2) is 0 Å². The minimum absolute atomic E-state index is 0.0741. The number of carbonyl (C=O) groups excluding carboxylic acids is 2. The second-order valence-electron chi connectivity index (χ2n) is 3.59. The van der Waals surface area contributed by atoms with Crippen LogP contribution in [0.4, 0.5) is 0 Å². The zero-order valence-electron chi connectivity index (χ0n) is 9.28. The van der Waals surface area contributed by atoms with Crippen molar-refractivity contribution < 1.29 is 14.3 Å². The topological polar surface area (TPSA) is 58.6 Å². The van der Waals surface area contributed by atoms with E-state index in [1.165, 1.54) is 6.92 Å². The highest BCUT2D eigenvalue weighted by Gasteiger charge is 2.30. The molecule has 0 aromatic heterocycles. The van der Waals surface area contributed by atoms with E-state index in [1.807, 2.05) is 6.92 Å². The first-order valence-electron chi connectivity index (χ1n) is 5.29. The van der Waals surface area contributed by atoms with Gasteiger partial charge in [0.25, 0.3) is 0 Å². The quantitative estimate of drug-likeness (QED) is 0.705. The maximum atomic E-state index is 11.7. The van der Waals surface area contributed by atoms with Crippen LogP contribution >= 0.6 is 0 Å². The second kappa shape index (κ2) is 5.70. The van der Waals surface area contributed by atoms with Crippen LogP contribution in [0.3, 0.4) is 0 Å². The molecule has 5 heteroatoms. The van der Waals surface area contributed by atoms with Crippen molar-refractivity contribution in [3.05, 3.63) is 0 Å². The van der Waals surface area contributed by atoms with Crippen LogP contribution in [0.5, 0.6) is 0 Å². The predicted octanol–water partition coefficient (Wildman–Crippen LogP) is -0.240. The Hall–Kier alpha value is -1.10. The summed E-state index contributed by atoms with van der Waals surface area (Å²) in [6.45, 7) is 5.42. The molecule has 86 valence electrons. The Bertz CT molecular complexity index is 243. The molecule has 1 heterocycles. The number of hydrogen-bond acceptors (Lipinski definition) is 3. The summed E-state index contributed by atoms with van der Waals surface area (Å²) in [5.74, 6) is -0.193. The summed E-state index contributed by atoms with van der Waals surface area (Å²) in [5, 5.41) is 2.77. The fraction of sp³-hybridized carbons (Fsp3) is 0.800. The minimum atomic E-state index is -0.456. The van der Waals surface area contributed by atoms with Gasteiger partial charge in [-0.1, -0.05) is 6.92 Å². The van der Waals surface area contributed by atoms with Crippen molar-refractivity contribution in [3.8, 4) is 0 Å². The Labute approximate surface area is 89.8 Å². The lowest BCUT2D eigenvalue weighted by Gasteiger charge is -2.33. The maximum absolute atomic E-state index is 11.7. The van der Waals surface area contributed by atoms with E-state index in [2.05, 4.69) is 5.32 Å². The molecule has 1 fully saturated rings. The summed E-state index contributed by atoms with van der Waals surface area (Å²) in [6.07, 6.45) is 0.888. The molecule has 5 nitrogen and oxygen atoms in total. The standard InChI is InChI=1S/C10H18N2O3/c1-3-4-11-10(14)9-7-15-6-5-12(9)8(2)13/h9H,3-7H2,1-2H3,(H,11,14). The van der Waals surface area contributed by atoms with E-state index in [9.17, 15) is 9.59 Å². The molecule has 1 atom stereocenters. The van der Waals surface area contributed by atoms with E-state index in [-0.39, 0.29) is 11.8 Å². The largest absolute Gasteiger partial charge is 0.377 e. The molecule has 1 N–H and O–H groups in total. The first-order chi connectivity index (χ1) is 7.16. The van der Waals surface area contributed by atoms with Gasteiger partial charge in [-0.05, 0) is 6.42 Å². The predicted molar refractivity (Wildman–Crippen MR) is 55.3 cm³/mol. The van der Waals surface area contributed by atoms with Crippen LogP contribution < -0.4 is 5.32 Å². The van der Waals surface area contributed by atoms with E-state index in [0.717, 1.165) is 6.42 Å². The van der Waals surface area contributed by atoms with Gasteiger partial charge in [-0.2, -0.15) is 0 Å². The molecular weight excluding hydrogens is 196 g/mol. The monoisotopic (exact) mass is 214 g/mol. The van der Waals surface area contributed by atoms with Gasteiger partial charge in [-0.25, -0.2) is 0 Å². The zero-order valence-corrected chi connectivity index (χ0v) is 9.28. The van der Waals surface area contributed by atoms with Crippen LogP contribution in [0.15, 0.2) is 0 Å². The Balaban J connectivity index is 2.55. The molecule has 1 saturated heterocycles. The molecule has 0 saturated carbocycles. The van der Waals surface area contributed by atoms with Gasteiger partial charge in [0, 0.05) is 20.0 Å². The van der Waals surface area contributed by atoms with Crippen molar-refractivity contribution in [1.29, 1.82) is 0 Å². The van der Waals surface area contributed by atoms with Crippen molar-refractivity contribution >= 4 is 11.8 Å². The van der Waals surface area contributed by atoms with Crippen LogP contribution in [0.25, 0.3) is 0 Å². The molecule has 1 unspecified atom stereocenters. The lowest BCUT2D eigenvalue weighted by Crippen LogP contribution is -2.55. The summed E-state index contributed by atoms with van der Waals surface area (Å²) < 4.78 is 5.21. The van der Waals surface area contributed by atoms with Crippen molar-refractivity contribution in [2.75, 3.05) is 26.3 Å². The number of rotatable bonds is 3. The van der Waals surface area contributed by atoms with Crippen molar-refractivity contribution in [2.24, 2.45) is 0 Å². The number of hydrogen-bond donors (Lipinski definition) is 1. The van der Waals surface area contributed by atoms with Gasteiger partial charge in [-0.3, -0.25) is 9.59 Å². The van der Waals surface area contributed by atoms with Crippen LogP contribution in [-0.4, -0.2) is 49.1 Å². The molecular formula is C10H18N2O3. The fourth-order valence-corrected chi connectivity index (χ4v) is 1.56. The summed E-state index contributed by atoms with van der Waals surface area (Å²) in [5.41, 5.74) is 0. The van der Waals surface area contributed by atoms with E-state index >= 15 is 0 Å². The van der Waals surface area contributed by atoms with Gasteiger partial charge >= 0.3 is 0 Å². The lowest BCUT2D eigenvalue weighted by molar-refractivity contribution is -0.146.